The minimum Gasteiger partial charge on any atom is -0.0834 e. The lowest BCUT2D eigenvalue weighted by atomic mass is 9.94. The highest BCUT2D eigenvalue weighted by atomic mass is 35.5. The van der Waals surface area contributed by atoms with Crippen molar-refractivity contribution in [2.45, 2.75) is 20.8 Å². The molecule has 0 atom stereocenters. The van der Waals surface area contributed by atoms with Gasteiger partial charge in [-0.2, -0.15) is 0 Å². The van der Waals surface area contributed by atoms with Gasteiger partial charge in [0.25, 0.3) is 0 Å². The summed E-state index contributed by atoms with van der Waals surface area (Å²) < 4.78 is 0. The predicted molar refractivity (Wildman–Crippen MR) is 76.5 cm³/mol. The van der Waals surface area contributed by atoms with Crippen molar-refractivity contribution in [3.63, 3.8) is 0 Å². The van der Waals surface area contributed by atoms with E-state index in [1.165, 1.54) is 16.7 Å². The van der Waals surface area contributed by atoms with Crippen molar-refractivity contribution < 1.29 is 0 Å². The predicted octanol–water partition coefficient (Wildman–Crippen LogP) is 3.73. The Morgan fingerprint density at radius 1 is 0.882 bits per heavy atom. The molecule has 85 valence electrons. The van der Waals surface area contributed by atoms with Crippen LogP contribution in [0.1, 0.15) is 16.7 Å². The molecule has 0 nitrogen and oxygen atoms in total. The van der Waals surface area contributed by atoms with E-state index in [2.05, 4.69) is 36.2 Å². The largest absolute Gasteiger partial charge is 0.0834 e. The van der Waals surface area contributed by atoms with E-state index in [-0.39, 0.29) is 0 Å². The van der Waals surface area contributed by atoms with Crippen LogP contribution in [-0.2, 0) is 0 Å². The second-order valence-electron chi connectivity index (χ2n) is 4.31. The third kappa shape index (κ3) is 2.05. The summed E-state index contributed by atoms with van der Waals surface area (Å²) in [5.41, 5.74) is 5.90. The minimum atomic E-state index is 0.837. The summed E-state index contributed by atoms with van der Waals surface area (Å²) in [6.45, 7) is 6.28. The van der Waals surface area contributed by atoms with Gasteiger partial charge < -0.3 is 0 Å². The third-order valence-electron chi connectivity index (χ3n) is 3.30. The summed E-state index contributed by atoms with van der Waals surface area (Å²) >= 11 is 6.48. The van der Waals surface area contributed by atoms with E-state index in [0.717, 1.165) is 21.3 Å². The zero-order chi connectivity index (χ0) is 12.6. The van der Waals surface area contributed by atoms with Crippen molar-refractivity contribution in [1.29, 1.82) is 0 Å². The van der Waals surface area contributed by atoms with E-state index < -0.39 is 0 Å². The summed E-state index contributed by atoms with van der Waals surface area (Å²) in [6, 6.07) is 10.3. The van der Waals surface area contributed by atoms with Crippen LogP contribution < -0.4 is 5.19 Å². The summed E-state index contributed by atoms with van der Waals surface area (Å²) in [5.74, 6) is 0. The van der Waals surface area contributed by atoms with E-state index in [0.29, 0.717) is 0 Å². The van der Waals surface area contributed by atoms with E-state index >= 15 is 0 Å². The molecule has 0 amide bonds. The van der Waals surface area contributed by atoms with Crippen LogP contribution in [-0.4, -0.2) is 10.2 Å². The van der Waals surface area contributed by atoms with Crippen LogP contribution in [0.15, 0.2) is 30.3 Å². The van der Waals surface area contributed by atoms with Crippen molar-refractivity contribution in [2.24, 2.45) is 0 Å². The molecule has 0 saturated heterocycles. The molecule has 0 aromatic heterocycles. The van der Waals surface area contributed by atoms with Gasteiger partial charge in [0.2, 0.25) is 0 Å². The topological polar surface area (TPSA) is 0 Å². The summed E-state index contributed by atoms with van der Waals surface area (Å²) in [7, 11) is 3.66. The van der Waals surface area contributed by atoms with E-state index in [1.807, 2.05) is 25.1 Å². The van der Waals surface area contributed by atoms with Gasteiger partial charge in [-0.3, -0.25) is 0 Å². The molecule has 0 unspecified atom stereocenters. The molecule has 0 aliphatic rings. The molecule has 2 aromatic carbocycles. The van der Waals surface area contributed by atoms with Gasteiger partial charge in [-0.25, -0.2) is 0 Å². The van der Waals surface area contributed by atoms with Crippen molar-refractivity contribution in [1.82, 2.24) is 0 Å². The molecule has 2 aromatic rings. The number of benzene rings is 2. The third-order valence-corrected chi connectivity index (χ3v) is 4.52. The van der Waals surface area contributed by atoms with Crippen molar-refractivity contribution in [3.8, 4) is 11.1 Å². The average molecular weight is 258 g/mol. The highest BCUT2D eigenvalue weighted by molar-refractivity contribution is 6.40. The Balaban J connectivity index is 2.80. The second-order valence-corrected chi connectivity index (χ2v) is 5.18. The number of halogens is 1. The molecule has 0 aliphatic carbocycles. The lowest BCUT2D eigenvalue weighted by Gasteiger charge is -2.17. The number of hydrogen-bond acceptors (Lipinski definition) is 0. The first-order valence-electron chi connectivity index (χ1n) is 5.60. The average Bonchev–Trinajstić information content (AvgIpc) is 2.36. The Kier molecular flexibility index (Phi) is 3.41. The van der Waals surface area contributed by atoms with Crippen molar-refractivity contribution in [3.05, 3.63) is 52.0 Å². The van der Waals surface area contributed by atoms with Gasteiger partial charge in [-0.1, -0.05) is 47.1 Å². The van der Waals surface area contributed by atoms with Crippen LogP contribution in [0.5, 0.6) is 0 Å². The smallest absolute Gasteiger partial charge is 0.0720 e. The minimum absolute atomic E-state index is 0.837. The Morgan fingerprint density at radius 2 is 1.47 bits per heavy atom. The molecule has 0 fully saturated rings. The molecule has 17 heavy (non-hydrogen) atoms. The molecule has 2 rings (SSSR count). The van der Waals surface area contributed by atoms with Gasteiger partial charge in [0.05, 0.1) is 15.3 Å². The molecule has 0 saturated carbocycles. The fourth-order valence-corrected chi connectivity index (χ4v) is 2.80. The van der Waals surface area contributed by atoms with Crippen LogP contribution in [0.3, 0.4) is 0 Å². The summed E-state index contributed by atoms with van der Waals surface area (Å²) in [4.78, 5) is 0. The molecule has 0 N–H and O–H groups in total. The Labute approximate surface area is 111 Å². The van der Waals surface area contributed by atoms with E-state index in [1.54, 1.807) is 0 Å². The molecule has 0 heterocycles. The quantitative estimate of drug-likeness (QED) is 0.683. The fourth-order valence-electron chi connectivity index (χ4n) is 2.07. The van der Waals surface area contributed by atoms with Crippen LogP contribution in [0, 0.1) is 20.8 Å². The maximum atomic E-state index is 6.48. The Morgan fingerprint density at radius 3 is 2.06 bits per heavy atom. The van der Waals surface area contributed by atoms with E-state index in [9.17, 15) is 0 Å². The van der Waals surface area contributed by atoms with E-state index in [4.69, 9.17) is 11.6 Å². The Hall–Kier alpha value is -1.05. The highest BCUT2D eigenvalue weighted by Gasteiger charge is 2.14. The molecule has 0 bridgehead atoms. The second kappa shape index (κ2) is 4.67. The maximum Gasteiger partial charge on any atom is 0.0720 e. The van der Waals surface area contributed by atoms with Crippen LogP contribution in [0.4, 0.5) is 0 Å². The van der Waals surface area contributed by atoms with Crippen LogP contribution >= 0.6 is 11.6 Å². The van der Waals surface area contributed by atoms with Gasteiger partial charge in [0.1, 0.15) is 0 Å². The molecular formula is C15H14ClSi. The first-order valence-corrected chi connectivity index (χ1v) is 6.48. The van der Waals surface area contributed by atoms with Gasteiger partial charge in [0.15, 0.2) is 0 Å². The fraction of sp³-hybridized carbons (Fsp3) is 0.200. The van der Waals surface area contributed by atoms with Gasteiger partial charge in [-0.15, -0.1) is 0 Å². The van der Waals surface area contributed by atoms with Gasteiger partial charge in [0, 0.05) is 5.56 Å². The zero-order valence-corrected chi connectivity index (χ0v) is 12.0. The molecule has 0 aliphatic heterocycles. The SMILES string of the molecule is Cc1c(C)c(-c2ccccc2)c(Cl)c(C)c1[Si]. The normalized spacial score (nSPS) is 10.6. The standard InChI is InChI=1S/C15H14ClSi/c1-9-10(2)15(17)11(3)14(16)13(9)12-7-5-4-6-8-12/h4-8H,1-3H3. The number of rotatable bonds is 1. The molecule has 3 radical (unpaired) electrons. The number of hydrogen-bond donors (Lipinski definition) is 0. The van der Waals surface area contributed by atoms with Gasteiger partial charge >= 0.3 is 0 Å². The first-order chi connectivity index (χ1) is 8.04. The lowest BCUT2D eigenvalue weighted by molar-refractivity contribution is 1.33. The zero-order valence-electron chi connectivity index (χ0n) is 10.3. The lowest BCUT2D eigenvalue weighted by Crippen LogP contribution is -2.15. The van der Waals surface area contributed by atoms with Gasteiger partial charge in [-0.05, 0) is 43.0 Å². The van der Waals surface area contributed by atoms with Crippen LogP contribution in [0.25, 0.3) is 11.1 Å². The molecule has 2 heteroatoms. The summed E-state index contributed by atoms with van der Waals surface area (Å²) in [6.07, 6.45) is 0. The molecule has 0 spiro atoms. The van der Waals surface area contributed by atoms with Crippen molar-refractivity contribution >= 4 is 27.0 Å². The van der Waals surface area contributed by atoms with Crippen LogP contribution in [0.2, 0.25) is 5.02 Å². The monoisotopic (exact) mass is 257 g/mol. The highest BCUT2D eigenvalue weighted by Crippen LogP contribution is 2.34. The molecular weight excluding hydrogens is 244 g/mol. The van der Waals surface area contributed by atoms with Crippen molar-refractivity contribution in [2.75, 3.05) is 0 Å². The summed E-state index contributed by atoms with van der Waals surface area (Å²) in [5, 5.41) is 1.94. The maximum absolute atomic E-state index is 6.48. The Bertz CT molecular complexity index is 530. The first kappa shape index (κ1) is 12.4.